The molecular weight excluding hydrogens is 304 g/mol. The van der Waals surface area contributed by atoms with Crippen molar-refractivity contribution in [1.82, 2.24) is 4.31 Å². The molecule has 0 saturated carbocycles. The molecule has 2 N–H and O–H groups in total. The highest BCUT2D eigenvalue weighted by molar-refractivity contribution is 7.89. The Bertz CT molecular complexity index is 652. The van der Waals surface area contributed by atoms with Crippen molar-refractivity contribution in [2.24, 2.45) is 11.7 Å². The number of ether oxygens (including phenoxy) is 1. The van der Waals surface area contributed by atoms with Gasteiger partial charge in [0.25, 0.3) is 0 Å². The lowest BCUT2D eigenvalue weighted by molar-refractivity contribution is 0.0999. The Morgan fingerprint density at radius 3 is 2.73 bits per heavy atom. The number of rotatable bonds is 6. The van der Waals surface area contributed by atoms with E-state index >= 15 is 0 Å². The fourth-order valence-corrected chi connectivity index (χ4v) is 4.14. The van der Waals surface area contributed by atoms with Crippen LogP contribution in [0.15, 0.2) is 23.1 Å². The van der Waals surface area contributed by atoms with E-state index in [9.17, 15) is 13.2 Å². The van der Waals surface area contributed by atoms with Crippen molar-refractivity contribution in [2.45, 2.75) is 25.2 Å². The number of benzene rings is 1. The number of hydrogen-bond acceptors (Lipinski definition) is 4. The minimum atomic E-state index is -3.64. The summed E-state index contributed by atoms with van der Waals surface area (Å²) >= 11 is 0. The standard InChI is InChI=1S/C15H22N2O4S/c1-3-17(9-12-6-7-21-10-12)22(19,20)13-5-4-11(2)14(8-13)15(16)18/h4-5,8,12H,3,6-7,9-10H2,1-2H3,(H2,16,18)/t12-/m0/s1. The molecule has 1 amide bonds. The maximum atomic E-state index is 12.8. The predicted octanol–water partition coefficient (Wildman–Crippen LogP) is 1.14. The number of carbonyl (C=O) groups is 1. The third-order valence-electron chi connectivity index (χ3n) is 3.95. The summed E-state index contributed by atoms with van der Waals surface area (Å²) < 4.78 is 32.3. The molecule has 1 aliphatic heterocycles. The van der Waals surface area contributed by atoms with Gasteiger partial charge >= 0.3 is 0 Å². The van der Waals surface area contributed by atoms with Crippen molar-refractivity contribution < 1.29 is 17.9 Å². The Hall–Kier alpha value is -1.44. The normalized spacial score (nSPS) is 18.8. The molecule has 6 nitrogen and oxygen atoms in total. The Labute approximate surface area is 131 Å². The SMILES string of the molecule is CCN(C[C@@H]1CCOC1)S(=O)(=O)c1ccc(C)c(C(N)=O)c1. The molecule has 0 spiro atoms. The molecule has 22 heavy (non-hydrogen) atoms. The summed E-state index contributed by atoms with van der Waals surface area (Å²) in [4.78, 5) is 11.5. The van der Waals surface area contributed by atoms with Crippen LogP contribution in [0.3, 0.4) is 0 Å². The van der Waals surface area contributed by atoms with Crippen molar-refractivity contribution in [3.63, 3.8) is 0 Å². The largest absolute Gasteiger partial charge is 0.381 e. The zero-order chi connectivity index (χ0) is 16.3. The highest BCUT2D eigenvalue weighted by atomic mass is 32.2. The van der Waals surface area contributed by atoms with Crippen molar-refractivity contribution in [2.75, 3.05) is 26.3 Å². The van der Waals surface area contributed by atoms with Crippen LogP contribution >= 0.6 is 0 Å². The van der Waals surface area contributed by atoms with E-state index in [1.165, 1.54) is 16.4 Å². The van der Waals surface area contributed by atoms with E-state index < -0.39 is 15.9 Å². The van der Waals surface area contributed by atoms with E-state index in [1.807, 2.05) is 0 Å². The van der Waals surface area contributed by atoms with Gasteiger partial charge in [-0.05, 0) is 37.0 Å². The van der Waals surface area contributed by atoms with Gasteiger partial charge in [0.15, 0.2) is 0 Å². The van der Waals surface area contributed by atoms with Crippen LogP contribution in [-0.4, -0.2) is 44.9 Å². The number of aryl methyl sites for hydroxylation is 1. The Morgan fingerprint density at radius 2 is 2.18 bits per heavy atom. The van der Waals surface area contributed by atoms with Gasteiger partial charge in [0, 0.05) is 25.3 Å². The smallest absolute Gasteiger partial charge is 0.249 e. The van der Waals surface area contributed by atoms with Crippen LogP contribution in [0.25, 0.3) is 0 Å². The van der Waals surface area contributed by atoms with Gasteiger partial charge in [-0.15, -0.1) is 0 Å². The summed E-state index contributed by atoms with van der Waals surface area (Å²) in [5, 5.41) is 0. The molecule has 0 aliphatic carbocycles. The van der Waals surface area contributed by atoms with Crippen LogP contribution in [0.4, 0.5) is 0 Å². The molecule has 0 radical (unpaired) electrons. The fourth-order valence-electron chi connectivity index (χ4n) is 2.59. The van der Waals surface area contributed by atoms with Crippen molar-refractivity contribution in [1.29, 1.82) is 0 Å². The molecule has 1 aromatic rings. The van der Waals surface area contributed by atoms with E-state index in [-0.39, 0.29) is 16.4 Å². The average molecular weight is 326 g/mol. The Balaban J connectivity index is 2.31. The van der Waals surface area contributed by atoms with Gasteiger partial charge in [0.05, 0.1) is 11.5 Å². The number of nitrogens with zero attached hydrogens (tertiary/aromatic N) is 1. The lowest BCUT2D eigenvalue weighted by Gasteiger charge is -2.23. The van der Waals surface area contributed by atoms with Gasteiger partial charge in [-0.1, -0.05) is 13.0 Å². The number of amides is 1. The summed E-state index contributed by atoms with van der Waals surface area (Å²) in [6, 6.07) is 4.49. The molecule has 122 valence electrons. The molecule has 1 atom stereocenters. The van der Waals surface area contributed by atoms with Crippen LogP contribution in [0, 0.1) is 12.8 Å². The van der Waals surface area contributed by atoms with Crippen LogP contribution in [0.1, 0.15) is 29.3 Å². The van der Waals surface area contributed by atoms with Gasteiger partial charge in [0.2, 0.25) is 15.9 Å². The lowest BCUT2D eigenvalue weighted by Crippen LogP contribution is -2.35. The van der Waals surface area contributed by atoms with E-state index in [0.29, 0.717) is 31.9 Å². The van der Waals surface area contributed by atoms with Gasteiger partial charge in [-0.2, -0.15) is 4.31 Å². The minimum absolute atomic E-state index is 0.104. The first-order valence-corrected chi connectivity index (χ1v) is 8.78. The summed E-state index contributed by atoms with van der Waals surface area (Å²) in [6.07, 6.45) is 0.868. The molecule has 1 fully saturated rings. The zero-order valence-corrected chi connectivity index (χ0v) is 13.7. The number of sulfonamides is 1. The monoisotopic (exact) mass is 326 g/mol. The second kappa shape index (κ2) is 6.76. The summed E-state index contributed by atoms with van der Waals surface area (Å²) in [5.41, 5.74) is 6.21. The molecule has 0 bridgehead atoms. The van der Waals surface area contributed by atoms with Crippen molar-refractivity contribution in [3.05, 3.63) is 29.3 Å². The van der Waals surface area contributed by atoms with E-state index in [0.717, 1.165) is 6.42 Å². The first-order valence-electron chi connectivity index (χ1n) is 7.34. The molecule has 1 heterocycles. The summed E-state index contributed by atoms with van der Waals surface area (Å²) in [6.45, 7) is 5.60. The van der Waals surface area contributed by atoms with Gasteiger partial charge in [-0.3, -0.25) is 4.79 Å². The maximum absolute atomic E-state index is 12.8. The molecule has 1 saturated heterocycles. The number of primary amides is 1. The zero-order valence-electron chi connectivity index (χ0n) is 12.9. The van der Waals surface area contributed by atoms with Gasteiger partial charge in [-0.25, -0.2) is 8.42 Å². The van der Waals surface area contributed by atoms with Crippen molar-refractivity contribution in [3.8, 4) is 0 Å². The Morgan fingerprint density at radius 1 is 1.45 bits per heavy atom. The minimum Gasteiger partial charge on any atom is -0.381 e. The maximum Gasteiger partial charge on any atom is 0.249 e. The predicted molar refractivity (Wildman–Crippen MR) is 83.1 cm³/mol. The molecule has 0 aromatic heterocycles. The highest BCUT2D eigenvalue weighted by Crippen LogP contribution is 2.22. The second-order valence-electron chi connectivity index (χ2n) is 5.53. The quantitative estimate of drug-likeness (QED) is 0.849. The van der Waals surface area contributed by atoms with Gasteiger partial charge < -0.3 is 10.5 Å². The van der Waals surface area contributed by atoms with Crippen LogP contribution in [-0.2, 0) is 14.8 Å². The molecular formula is C15H22N2O4S. The average Bonchev–Trinajstić information content (AvgIpc) is 2.97. The third-order valence-corrected chi connectivity index (χ3v) is 5.89. The van der Waals surface area contributed by atoms with E-state index in [4.69, 9.17) is 10.5 Å². The molecule has 1 aromatic carbocycles. The van der Waals surface area contributed by atoms with Crippen LogP contribution in [0.2, 0.25) is 0 Å². The Kier molecular flexibility index (Phi) is 5.20. The first kappa shape index (κ1) is 16.9. The number of hydrogen-bond donors (Lipinski definition) is 1. The highest BCUT2D eigenvalue weighted by Gasteiger charge is 2.28. The number of carbonyl (C=O) groups excluding carboxylic acids is 1. The lowest BCUT2D eigenvalue weighted by atomic mass is 10.1. The van der Waals surface area contributed by atoms with E-state index in [2.05, 4.69) is 0 Å². The number of nitrogens with two attached hydrogens (primary N) is 1. The van der Waals surface area contributed by atoms with E-state index in [1.54, 1.807) is 19.9 Å². The molecule has 2 rings (SSSR count). The first-order chi connectivity index (χ1) is 10.4. The molecule has 1 aliphatic rings. The fraction of sp³-hybridized carbons (Fsp3) is 0.533. The van der Waals surface area contributed by atoms with Crippen LogP contribution < -0.4 is 5.73 Å². The molecule has 0 unspecified atom stereocenters. The second-order valence-corrected chi connectivity index (χ2v) is 7.46. The summed E-state index contributed by atoms with van der Waals surface area (Å²) in [5.74, 6) is -0.405. The van der Waals surface area contributed by atoms with Crippen molar-refractivity contribution >= 4 is 15.9 Å². The third kappa shape index (κ3) is 3.48. The topological polar surface area (TPSA) is 89.7 Å². The molecule has 7 heteroatoms. The van der Waals surface area contributed by atoms with Crippen LogP contribution in [0.5, 0.6) is 0 Å². The summed E-state index contributed by atoms with van der Waals surface area (Å²) in [7, 11) is -3.64. The van der Waals surface area contributed by atoms with Gasteiger partial charge in [0.1, 0.15) is 0 Å².